The van der Waals surface area contributed by atoms with E-state index in [9.17, 15) is 35.2 Å². The standard InChI is InChI=1S/C15H9ClF5NO4S/c16-8-3-1-7(2-4-8)5-22(6-9(23)24)27(25,26)15-13(20)11(18)10(17)12(19)14(15)21/h1-4H,5-6H2,(H,23,24). The number of hydrogen-bond acceptors (Lipinski definition) is 3. The number of hydrogen-bond donors (Lipinski definition) is 1. The van der Waals surface area contributed by atoms with Gasteiger partial charge in [-0.2, -0.15) is 4.31 Å². The van der Waals surface area contributed by atoms with Gasteiger partial charge in [0, 0.05) is 11.6 Å². The molecule has 27 heavy (non-hydrogen) atoms. The molecule has 0 saturated heterocycles. The number of benzene rings is 2. The molecule has 0 heterocycles. The number of halogens is 6. The van der Waals surface area contributed by atoms with Crippen molar-refractivity contribution in [2.24, 2.45) is 0 Å². The highest BCUT2D eigenvalue weighted by molar-refractivity contribution is 7.89. The molecule has 0 atom stereocenters. The Kier molecular flexibility index (Phi) is 6.07. The number of carbonyl (C=O) groups is 1. The molecular formula is C15H9ClF5NO4S. The zero-order valence-corrected chi connectivity index (χ0v) is 14.6. The highest BCUT2D eigenvalue weighted by atomic mass is 35.5. The molecule has 0 saturated carbocycles. The van der Waals surface area contributed by atoms with Crippen LogP contribution in [-0.2, 0) is 21.4 Å². The van der Waals surface area contributed by atoms with Crippen molar-refractivity contribution in [1.82, 2.24) is 4.31 Å². The predicted molar refractivity (Wildman–Crippen MR) is 82.9 cm³/mol. The summed E-state index contributed by atoms with van der Waals surface area (Å²) in [5.74, 6) is -14.3. The van der Waals surface area contributed by atoms with Gasteiger partial charge < -0.3 is 5.11 Å². The van der Waals surface area contributed by atoms with Gasteiger partial charge >= 0.3 is 5.97 Å². The quantitative estimate of drug-likeness (QED) is 0.434. The second-order valence-corrected chi connectivity index (χ2v) is 7.50. The van der Waals surface area contributed by atoms with Crippen LogP contribution in [0.2, 0.25) is 5.02 Å². The Hall–Kier alpha value is -2.24. The van der Waals surface area contributed by atoms with Gasteiger partial charge in [-0.05, 0) is 17.7 Å². The summed E-state index contributed by atoms with van der Waals surface area (Å²) in [6.45, 7) is -2.00. The van der Waals surface area contributed by atoms with E-state index in [0.717, 1.165) is 0 Å². The minimum absolute atomic E-state index is 0.0663. The molecule has 0 unspecified atom stereocenters. The van der Waals surface area contributed by atoms with E-state index in [0.29, 0.717) is 0 Å². The molecule has 0 radical (unpaired) electrons. The minimum atomic E-state index is -5.40. The van der Waals surface area contributed by atoms with Gasteiger partial charge in [-0.3, -0.25) is 4.79 Å². The summed E-state index contributed by atoms with van der Waals surface area (Å²) in [6, 6.07) is 5.26. The number of rotatable bonds is 6. The molecular weight excluding hydrogens is 421 g/mol. The molecule has 2 aromatic rings. The molecule has 0 aliphatic carbocycles. The highest BCUT2D eigenvalue weighted by Gasteiger charge is 2.37. The topological polar surface area (TPSA) is 74.7 Å². The molecule has 2 aromatic carbocycles. The lowest BCUT2D eigenvalue weighted by molar-refractivity contribution is -0.137. The molecule has 5 nitrogen and oxygen atoms in total. The van der Waals surface area contributed by atoms with Crippen LogP contribution in [0.5, 0.6) is 0 Å². The first kappa shape index (κ1) is 21.1. The van der Waals surface area contributed by atoms with Crippen LogP contribution in [0.1, 0.15) is 5.56 Å². The number of sulfonamides is 1. The lowest BCUT2D eigenvalue weighted by atomic mass is 10.2. The molecule has 0 aromatic heterocycles. The Morgan fingerprint density at radius 3 is 1.81 bits per heavy atom. The average Bonchev–Trinajstić information content (AvgIpc) is 2.59. The van der Waals surface area contributed by atoms with Gasteiger partial charge in [-0.15, -0.1) is 0 Å². The zero-order valence-electron chi connectivity index (χ0n) is 13.0. The van der Waals surface area contributed by atoms with E-state index in [2.05, 4.69) is 0 Å². The van der Waals surface area contributed by atoms with Crippen LogP contribution in [-0.4, -0.2) is 30.3 Å². The third-order valence-corrected chi connectivity index (χ3v) is 5.42. The van der Waals surface area contributed by atoms with Crippen molar-refractivity contribution in [3.05, 3.63) is 63.9 Å². The Morgan fingerprint density at radius 1 is 0.926 bits per heavy atom. The fourth-order valence-electron chi connectivity index (χ4n) is 2.11. The number of carboxylic acids is 1. The average molecular weight is 430 g/mol. The predicted octanol–water partition coefficient (Wildman–Crippen LogP) is 3.31. The van der Waals surface area contributed by atoms with Crippen molar-refractivity contribution >= 4 is 27.6 Å². The summed E-state index contributed by atoms with van der Waals surface area (Å²) in [6.07, 6.45) is 0. The SMILES string of the molecule is O=C(O)CN(Cc1ccc(Cl)cc1)S(=O)(=O)c1c(F)c(F)c(F)c(F)c1F. The van der Waals surface area contributed by atoms with E-state index in [1.54, 1.807) is 0 Å². The van der Waals surface area contributed by atoms with E-state index >= 15 is 0 Å². The molecule has 2 rings (SSSR count). The van der Waals surface area contributed by atoms with Gasteiger partial charge in [-0.1, -0.05) is 23.7 Å². The maximum absolute atomic E-state index is 13.9. The molecule has 0 spiro atoms. The number of carboxylic acid groups (broad SMARTS) is 1. The van der Waals surface area contributed by atoms with Crippen molar-refractivity contribution in [2.75, 3.05) is 6.54 Å². The summed E-state index contributed by atoms with van der Waals surface area (Å²) in [4.78, 5) is 8.84. The normalized spacial score (nSPS) is 11.8. The van der Waals surface area contributed by atoms with Crippen LogP contribution in [0.3, 0.4) is 0 Å². The molecule has 0 amide bonds. The summed E-state index contributed by atoms with van der Waals surface area (Å²) in [7, 11) is -5.40. The molecule has 0 fully saturated rings. The maximum atomic E-state index is 13.9. The van der Waals surface area contributed by atoms with Gasteiger partial charge in [0.05, 0.1) is 0 Å². The van der Waals surface area contributed by atoms with Crippen LogP contribution in [0.15, 0.2) is 29.2 Å². The monoisotopic (exact) mass is 429 g/mol. The summed E-state index contributed by atoms with van der Waals surface area (Å²) in [5, 5.41) is 9.15. The first-order valence-electron chi connectivity index (χ1n) is 6.94. The van der Waals surface area contributed by atoms with Crippen molar-refractivity contribution in [2.45, 2.75) is 11.4 Å². The molecule has 0 aliphatic rings. The molecule has 146 valence electrons. The van der Waals surface area contributed by atoms with Crippen molar-refractivity contribution < 1.29 is 40.3 Å². The van der Waals surface area contributed by atoms with Crippen LogP contribution >= 0.6 is 11.6 Å². The largest absolute Gasteiger partial charge is 0.480 e. The van der Waals surface area contributed by atoms with Crippen LogP contribution in [0.25, 0.3) is 0 Å². The maximum Gasteiger partial charge on any atom is 0.318 e. The fraction of sp³-hybridized carbons (Fsp3) is 0.133. The van der Waals surface area contributed by atoms with Crippen LogP contribution in [0.4, 0.5) is 22.0 Å². The Bertz CT molecular complexity index is 969. The van der Waals surface area contributed by atoms with Crippen molar-refractivity contribution in [3.63, 3.8) is 0 Å². The fourth-order valence-corrected chi connectivity index (χ4v) is 3.73. The van der Waals surface area contributed by atoms with Gasteiger partial charge in [0.1, 0.15) is 6.54 Å². The summed E-state index contributed by atoms with van der Waals surface area (Å²) in [5.41, 5.74) is 0.160. The molecule has 0 bridgehead atoms. The van der Waals surface area contributed by atoms with Gasteiger partial charge in [-0.25, -0.2) is 30.4 Å². The Labute approximate surface area is 154 Å². The summed E-state index contributed by atoms with van der Waals surface area (Å²) < 4.78 is 92.7. The smallest absolute Gasteiger partial charge is 0.318 e. The second kappa shape index (κ2) is 7.79. The lowest BCUT2D eigenvalue weighted by Crippen LogP contribution is -2.36. The van der Waals surface area contributed by atoms with E-state index in [1.165, 1.54) is 24.3 Å². The third kappa shape index (κ3) is 4.20. The summed E-state index contributed by atoms with van der Waals surface area (Å²) >= 11 is 5.67. The second-order valence-electron chi connectivity index (χ2n) is 5.19. The minimum Gasteiger partial charge on any atom is -0.480 e. The van der Waals surface area contributed by atoms with Crippen molar-refractivity contribution in [1.29, 1.82) is 0 Å². The van der Waals surface area contributed by atoms with Crippen LogP contribution in [0, 0.1) is 29.1 Å². The van der Waals surface area contributed by atoms with Crippen LogP contribution < -0.4 is 0 Å². The Balaban J connectivity index is 2.61. The van der Waals surface area contributed by atoms with Gasteiger partial charge in [0.2, 0.25) is 15.8 Å². The van der Waals surface area contributed by atoms with Gasteiger partial charge in [0.25, 0.3) is 0 Å². The van der Waals surface area contributed by atoms with E-state index in [4.69, 9.17) is 16.7 Å². The highest BCUT2D eigenvalue weighted by Crippen LogP contribution is 2.29. The lowest BCUT2D eigenvalue weighted by Gasteiger charge is -2.21. The van der Waals surface area contributed by atoms with Gasteiger partial charge in [0.15, 0.2) is 28.2 Å². The van der Waals surface area contributed by atoms with E-state index in [1.807, 2.05) is 0 Å². The van der Waals surface area contributed by atoms with E-state index in [-0.39, 0.29) is 14.9 Å². The van der Waals surface area contributed by atoms with E-state index < -0.39 is 63.1 Å². The number of nitrogens with zero attached hydrogens (tertiary/aromatic N) is 1. The number of aliphatic carboxylic acids is 1. The molecule has 0 aliphatic heterocycles. The van der Waals surface area contributed by atoms with Crippen molar-refractivity contribution in [3.8, 4) is 0 Å². The Morgan fingerprint density at radius 2 is 1.37 bits per heavy atom. The zero-order chi connectivity index (χ0) is 20.5. The first-order valence-corrected chi connectivity index (χ1v) is 8.76. The molecule has 1 N–H and O–H groups in total. The molecule has 12 heteroatoms. The third-order valence-electron chi connectivity index (χ3n) is 3.35. The first-order chi connectivity index (χ1) is 12.5.